The number of sulfonamides is 1. The van der Waals surface area contributed by atoms with E-state index in [9.17, 15) is 13.5 Å². The van der Waals surface area contributed by atoms with Crippen molar-refractivity contribution in [2.75, 3.05) is 32.6 Å². The van der Waals surface area contributed by atoms with Gasteiger partial charge in [-0.25, -0.2) is 13.1 Å². The fraction of sp³-hybridized carbons (Fsp3) is 0.500. The summed E-state index contributed by atoms with van der Waals surface area (Å²) in [5.41, 5.74) is 4.75. The molecule has 1 unspecified atom stereocenters. The van der Waals surface area contributed by atoms with Gasteiger partial charge >= 0.3 is 0 Å². The number of rotatable bonds is 5. The molecule has 1 aliphatic rings. The fourth-order valence-corrected chi connectivity index (χ4v) is 3.27. The molecule has 1 aromatic carbocycles. The van der Waals surface area contributed by atoms with Crippen LogP contribution in [-0.2, 0) is 14.8 Å². The predicted octanol–water partition coefficient (Wildman–Crippen LogP) is -0.293. The van der Waals surface area contributed by atoms with Gasteiger partial charge in [-0.3, -0.25) is 0 Å². The van der Waals surface area contributed by atoms with Crippen LogP contribution in [0, 0.1) is 0 Å². The second kappa shape index (κ2) is 5.57. The van der Waals surface area contributed by atoms with Crippen LogP contribution in [0.15, 0.2) is 23.1 Å². The molecule has 1 aliphatic heterocycles. The summed E-state index contributed by atoms with van der Waals surface area (Å²) in [7, 11) is -2.44. The van der Waals surface area contributed by atoms with Crippen LogP contribution in [-0.4, -0.2) is 46.0 Å². The van der Waals surface area contributed by atoms with Gasteiger partial charge in [0.15, 0.2) is 0 Å². The Bertz CT molecular complexity index is 582. The molecular weight excluding hydrogens is 284 g/mol. The Balaban J connectivity index is 2.20. The van der Waals surface area contributed by atoms with Crippen LogP contribution in [0.4, 0.5) is 5.69 Å². The number of methoxy groups -OCH3 is 1. The standard InChI is InChI=1S/C12H18N2O5S/c1-18-10-3-2-9(13)6-11(10)20(16,17)14-7-12(15)4-5-19-8-12/h2-3,6,14-15H,4-5,7-8,13H2,1H3. The molecule has 2 rings (SSSR count). The van der Waals surface area contributed by atoms with E-state index in [1.54, 1.807) is 6.07 Å². The molecule has 1 heterocycles. The lowest BCUT2D eigenvalue weighted by Gasteiger charge is -2.21. The average molecular weight is 302 g/mol. The maximum Gasteiger partial charge on any atom is 0.244 e. The van der Waals surface area contributed by atoms with E-state index in [1.807, 2.05) is 0 Å². The normalized spacial score (nSPS) is 22.9. The van der Waals surface area contributed by atoms with E-state index < -0.39 is 15.6 Å². The number of hydrogen-bond acceptors (Lipinski definition) is 6. The second-order valence-corrected chi connectivity index (χ2v) is 6.50. The highest BCUT2D eigenvalue weighted by molar-refractivity contribution is 7.89. The van der Waals surface area contributed by atoms with Crippen molar-refractivity contribution >= 4 is 15.7 Å². The Labute approximate surface area is 117 Å². The number of benzene rings is 1. The van der Waals surface area contributed by atoms with Crippen LogP contribution in [0.1, 0.15) is 6.42 Å². The smallest absolute Gasteiger partial charge is 0.244 e. The molecule has 20 heavy (non-hydrogen) atoms. The molecule has 0 radical (unpaired) electrons. The lowest BCUT2D eigenvalue weighted by Crippen LogP contribution is -2.43. The van der Waals surface area contributed by atoms with Gasteiger partial charge in [-0.1, -0.05) is 0 Å². The summed E-state index contributed by atoms with van der Waals surface area (Å²) in [5.74, 6) is 0.196. The van der Waals surface area contributed by atoms with Gasteiger partial charge in [0.2, 0.25) is 10.0 Å². The maximum absolute atomic E-state index is 12.3. The highest BCUT2D eigenvalue weighted by Crippen LogP contribution is 2.26. The summed E-state index contributed by atoms with van der Waals surface area (Å²) in [5, 5.41) is 10.1. The number of nitrogens with one attached hydrogen (secondary N) is 1. The molecule has 0 saturated carbocycles. The van der Waals surface area contributed by atoms with Gasteiger partial charge in [-0.2, -0.15) is 0 Å². The van der Waals surface area contributed by atoms with Crippen molar-refractivity contribution in [1.29, 1.82) is 0 Å². The summed E-state index contributed by atoms with van der Waals surface area (Å²) in [6, 6.07) is 4.35. The van der Waals surface area contributed by atoms with Crippen molar-refractivity contribution in [2.45, 2.75) is 16.9 Å². The van der Waals surface area contributed by atoms with Gasteiger partial charge in [0.25, 0.3) is 0 Å². The molecule has 7 nitrogen and oxygen atoms in total. The first-order valence-corrected chi connectivity index (χ1v) is 7.58. The molecule has 0 spiro atoms. The van der Waals surface area contributed by atoms with Crippen molar-refractivity contribution in [3.05, 3.63) is 18.2 Å². The Morgan fingerprint density at radius 3 is 2.90 bits per heavy atom. The van der Waals surface area contributed by atoms with Gasteiger partial charge in [-0.05, 0) is 18.2 Å². The SMILES string of the molecule is COc1ccc(N)cc1S(=O)(=O)NCC1(O)CCOC1. The van der Waals surface area contributed by atoms with E-state index in [0.717, 1.165) is 0 Å². The summed E-state index contributed by atoms with van der Waals surface area (Å²) in [6.07, 6.45) is 0.392. The zero-order valence-electron chi connectivity index (χ0n) is 11.1. The molecule has 8 heteroatoms. The zero-order chi connectivity index (χ0) is 14.8. The highest BCUT2D eigenvalue weighted by atomic mass is 32.2. The summed E-state index contributed by atoms with van der Waals surface area (Å²) < 4.78 is 37.0. The Morgan fingerprint density at radius 1 is 1.55 bits per heavy atom. The fourth-order valence-electron chi connectivity index (χ4n) is 1.95. The molecule has 1 saturated heterocycles. The van der Waals surface area contributed by atoms with Gasteiger partial charge < -0.3 is 20.3 Å². The lowest BCUT2D eigenvalue weighted by molar-refractivity contribution is 0.0314. The van der Waals surface area contributed by atoms with E-state index in [1.165, 1.54) is 19.2 Å². The van der Waals surface area contributed by atoms with E-state index in [0.29, 0.717) is 18.7 Å². The molecule has 0 aromatic heterocycles. The molecular formula is C12H18N2O5S. The van der Waals surface area contributed by atoms with Crippen molar-refractivity contribution in [1.82, 2.24) is 4.72 Å². The third kappa shape index (κ3) is 3.21. The van der Waals surface area contributed by atoms with Crippen LogP contribution in [0.5, 0.6) is 5.75 Å². The van der Waals surface area contributed by atoms with Gasteiger partial charge in [-0.15, -0.1) is 0 Å². The van der Waals surface area contributed by atoms with Crippen LogP contribution < -0.4 is 15.2 Å². The predicted molar refractivity (Wildman–Crippen MR) is 73.0 cm³/mol. The number of ether oxygens (including phenoxy) is 2. The lowest BCUT2D eigenvalue weighted by atomic mass is 10.1. The average Bonchev–Trinajstić information content (AvgIpc) is 2.84. The number of nitrogens with two attached hydrogens (primary N) is 1. The first-order chi connectivity index (χ1) is 9.36. The van der Waals surface area contributed by atoms with Gasteiger partial charge in [0, 0.05) is 25.3 Å². The maximum atomic E-state index is 12.3. The highest BCUT2D eigenvalue weighted by Gasteiger charge is 2.34. The largest absolute Gasteiger partial charge is 0.495 e. The third-order valence-corrected chi connectivity index (χ3v) is 4.57. The first kappa shape index (κ1) is 15.0. The molecule has 1 fully saturated rings. The van der Waals surface area contributed by atoms with Gasteiger partial charge in [0.05, 0.1) is 13.7 Å². The molecule has 4 N–H and O–H groups in total. The quantitative estimate of drug-likeness (QED) is 0.644. The first-order valence-electron chi connectivity index (χ1n) is 6.10. The topological polar surface area (TPSA) is 111 Å². The Hall–Kier alpha value is -1.35. The van der Waals surface area contributed by atoms with Gasteiger partial charge in [0.1, 0.15) is 16.2 Å². The Kier molecular flexibility index (Phi) is 4.19. The molecule has 112 valence electrons. The monoisotopic (exact) mass is 302 g/mol. The van der Waals surface area contributed by atoms with Crippen molar-refractivity contribution < 1.29 is 23.0 Å². The molecule has 0 bridgehead atoms. The van der Waals surface area contributed by atoms with Crippen molar-refractivity contribution in [3.8, 4) is 5.75 Å². The summed E-state index contributed by atoms with van der Waals surface area (Å²) in [6.45, 7) is 0.413. The van der Waals surface area contributed by atoms with Crippen LogP contribution >= 0.6 is 0 Å². The van der Waals surface area contributed by atoms with Crippen molar-refractivity contribution in [2.24, 2.45) is 0 Å². The minimum atomic E-state index is -3.82. The molecule has 1 aromatic rings. The van der Waals surface area contributed by atoms with Crippen LogP contribution in [0.2, 0.25) is 0 Å². The van der Waals surface area contributed by atoms with E-state index in [-0.39, 0.29) is 23.8 Å². The molecule has 0 amide bonds. The summed E-state index contributed by atoms with van der Waals surface area (Å²) in [4.78, 5) is -0.0532. The van der Waals surface area contributed by atoms with E-state index in [4.69, 9.17) is 15.2 Å². The van der Waals surface area contributed by atoms with E-state index in [2.05, 4.69) is 4.72 Å². The summed E-state index contributed by atoms with van der Waals surface area (Å²) >= 11 is 0. The molecule has 0 aliphatic carbocycles. The van der Waals surface area contributed by atoms with Crippen LogP contribution in [0.25, 0.3) is 0 Å². The Morgan fingerprint density at radius 2 is 2.30 bits per heavy atom. The minimum Gasteiger partial charge on any atom is -0.495 e. The van der Waals surface area contributed by atoms with E-state index >= 15 is 0 Å². The minimum absolute atomic E-state index is 0.0532. The molecule has 1 atom stereocenters. The number of hydrogen-bond donors (Lipinski definition) is 3. The van der Waals surface area contributed by atoms with Crippen LogP contribution in [0.3, 0.4) is 0 Å². The number of aliphatic hydroxyl groups is 1. The zero-order valence-corrected chi connectivity index (χ0v) is 11.9. The second-order valence-electron chi connectivity index (χ2n) is 4.76. The number of nitrogen functional groups attached to an aromatic ring is 1. The number of anilines is 1. The van der Waals surface area contributed by atoms with Crippen molar-refractivity contribution in [3.63, 3.8) is 0 Å². The third-order valence-electron chi connectivity index (χ3n) is 3.15.